The summed E-state index contributed by atoms with van der Waals surface area (Å²) in [5, 5.41) is 15.3. The van der Waals surface area contributed by atoms with Gasteiger partial charge in [0.15, 0.2) is 0 Å². The van der Waals surface area contributed by atoms with Gasteiger partial charge in [-0.1, -0.05) is 65.8 Å². The van der Waals surface area contributed by atoms with E-state index < -0.39 is 42.0 Å². The number of esters is 1. The van der Waals surface area contributed by atoms with E-state index in [2.05, 4.69) is 10.0 Å². The fourth-order valence-corrected chi connectivity index (χ4v) is 3.49. The first-order valence-electron chi connectivity index (χ1n) is 11.1. The van der Waals surface area contributed by atoms with Crippen molar-refractivity contribution in [3.8, 4) is 0 Å². The molecular formula is C25H31N3O6. The van der Waals surface area contributed by atoms with Gasteiger partial charge in [0.05, 0.1) is 31.3 Å². The van der Waals surface area contributed by atoms with E-state index in [1.165, 1.54) is 0 Å². The van der Waals surface area contributed by atoms with Crippen LogP contribution < -0.4 is 0 Å². The minimum absolute atomic E-state index is 0.127. The van der Waals surface area contributed by atoms with E-state index in [0.717, 1.165) is 11.1 Å². The second kappa shape index (κ2) is 11.5. The zero-order valence-corrected chi connectivity index (χ0v) is 19.7. The van der Waals surface area contributed by atoms with Gasteiger partial charge in [-0.05, 0) is 37.4 Å². The van der Waals surface area contributed by atoms with Gasteiger partial charge < -0.3 is 24.1 Å². The highest BCUT2D eigenvalue weighted by Gasteiger charge is 2.52. The number of hydrogen-bond acceptors (Lipinski definition) is 7. The average Bonchev–Trinajstić information content (AvgIpc) is 2.83. The van der Waals surface area contributed by atoms with Crippen molar-refractivity contribution >= 4 is 5.97 Å². The van der Waals surface area contributed by atoms with E-state index >= 15 is 0 Å². The molecule has 9 heteroatoms. The maximum absolute atomic E-state index is 12.4. The van der Waals surface area contributed by atoms with Crippen molar-refractivity contribution in [2.45, 2.75) is 58.0 Å². The molecule has 0 saturated carbocycles. The third-order valence-electron chi connectivity index (χ3n) is 5.41. The summed E-state index contributed by atoms with van der Waals surface area (Å²) in [5.74, 6) is -2.50. The second-order valence-corrected chi connectivity index (χ2v) is 9.23. The smallest absolute Gasteiger partial charge is 0.311 e. The van der Waals surface area contributed by atoms with E-state index in [9.17, 15) is 9.90 Å². The molecule has 2 aromatic carbocycles. The van der Waals surface area contributed by atoms with Crippen LogP contribution >= 0.6 is 0 Å². The van der Waals surface area contributed by atoms with Crippen LogP contribution in [0, 0.1) is 5.41 Å². The van der Waals surface area contributed by atoms with Crippen LogP contribution in [0.3, 0.4) is 0 Å². The normalized spacial score (nSPS) is 24.8. The molecule has 0 radical (unpaired) electrons. The Bertz CT molecular complexity index is 975. The fourth-order valence-electron chi connectivity index (χ4n) is 3.49. The van der Waals surface area contributed by atoms with Gasteiger partial charge in [-0.15, -0.1) is 0 Å². The summed E-state index contributed by atoms with van der Waals surface area (Å²) in [6.45, 7) is 4.90. The lowest BCUT2D eigenvalue weighted by Gasteiger charge is -2.45. The Balaban J connectivity index is 1.86. The topological polar surface area (TPSA) is 123 Å². The number of carbonyl (C=O) groups is 1. The lowest BCUT2D eigenvalue weighted by Crippen LogP contribution is -2.64. The number of ether oxygens (including phenoxy) is 4. The zero-order valence-electron chi connectivity index (χ0n) is 19.7. The van der Waals surface area contributed by atoms with E-state index in [-0.39, 0.29) is 19.8 Å². The van der Waals surface area contributed by atoms with Gasteiger partial charge in [0, 0.05) is 4.91 Å². The molecule has 0 bridgehead atoms. The Hall–Kier alpha value is -2.94. The number of hydrogen-bond donors (Lipinski definition) is 1. The summed E-state index contributed by atoms with van der Waals surface area (Å²) in [7, 11) is 0. The molecular weight excluding hydrogens is 438 g/mol. The van der Waals surface area contributed by atoms with Crippen LogP contribution in [0.2, 0.25) is 0 Å². The van der Waals surface area contributed by atoms with Gasteiger partial charge in [-0.3, -0.25) is 4.79 Å². The molecule has 1 N–H and O–H groups in total. The first kappa shape index (κ1) is 25.7. The minimum atomic E-state index is -2.00. The molecule has 0 aliphatic carbocycles. The van der Waals surface area contributed by atoms with Gasteiger partial charge in [0.2, 0.25) is 5.79 Å². The summed E-state index contributed by atoms with van der Waals surface area (Å²) in [4.78, 5) is 15.3. The Morgan fingerprint density at radius 3 is 2.18 bits per heavy atom. The van der Waals surface area contributed by atoms with Crippen LogP contribution in [0.15, 0.2) is 65.8 Å². The van der Waals surface area contributed by atoms with Crippen LogP contribution in [-0.2, 0) is 37.0 Å². The third kappa shape index (κ3) is 6.79. The van der Waals surface area contributed by atoms with Crippen LogP contribution in [0.4, 0.5) is 0 Å². The molecule has 3 rings (SSSR count). The largest absolute Gasteiger partial charge is 0.459 e. The number of carbonyl (C=O) groups excluding carboxylic acids is 1. The molecule has 9 nitrogen and oxygen atoms in total. The lowest BCUT2D eigenvalue weighted by molar-refractivity contribution is -0.334. The number of rotatable bonds is 9. The van der Waals surface area contributed by atoms with Gasteiger partial charge in [0.1, 0.15) is 18.8 Å². The fraction of sp³-hybridized carbons (Fsp3) is 0.480. The maximum Gasteiger partial charge on any atom is 0.311 e. The highest BCUT2D eigenvalue weighted by atomic mass is 16.7. The summed E-state index contributed by atoms with van der Waals surface area (Å²) in [6, 6.07) is 18.1. The number of azide groups is 1. The number of aliphatic hydroxyl groups is 1. The van der Waals surface area contributed by atoms with Crippen LogP contribution in [0.25, 0.3) is 10.4 Å². The van der Waals surface area contributed by atoms with E-state index in [4.69, 9.17) is 24.5 Å². The highest BCUT2D eigenvalue weighted by Crippen LogP contribution is 2.32. The summed E-state index contributed by atoms with van der Waals surface area (Å²) >= 11 is 0. The Morgan fingerprint density at radius 2 is 1.65 bits per heavy atom. The standard InChI is InChI=1S/C25H31N3O6/c1-24(2,3)23(29)33-17-25(30)22(32-15-19-12-8-5-9-13-19)21(20(16-34-25)27-28-26)31-14-18-10-6-4-7-11-18/h4-13,20-22,30H,14-17H2,1-3H3/t20-,21+,22+,25+/m0/s1. The Morgan fingerprint density at radius 1 is 1.09 bits per heavy atom. The maximum atomic E-state index is 12.4. The molecule has 1 aliphatic rings. The molecule has 1 heterocycles. The zero-order chi connectivity index (χ0) is 24.6. The molecule has 1 aliphatic heterocycles. The van der Waals surface area contributed by atoms with E-state index in [1.807, 2.05) is 60.7 Å². The van der Waals surface area contributed by atoms with Crippen molar-refractivity contribution in [2.24, 2.45) is 10.5 Å². The van der Waals surface area contributed by atoms with Crippen molar-refractivity contribution in [3.63, 3.8) is 0 Å². The predicted molar refractivity (Wildman–Crippen MR) is 124 cm³/mol. The summed E-state index contributed by atoms with van der Waals surface area (Å²) in [6.07, 6.45) is -1.96. The van der Waals surface area contributed by atoms with Gasteiger partial charge in [-0.2, -0.15) is 0 Å². The van der Waals surface area contributed by atoms with Crippen molar-refractivity contribution in [1.29, 1.82) is 0 Å². The molecule has 34 heavy (non-hydrogen) atoms. The molecule has 0 spiro atoms. The Labute approximate surface area is 199 Å². The van der Waals surface area contributed by atoms with Crippen LogP contribution in [0.1, 0.15) is 31.9 Å². The molecule has 1 fully saturated rings. The van der Waals surface area contributed by atoms with E-state index in [0.29, 0.717) is 0 Å². The summed E-state index contributed by atoms with van der Waals surface area (Å²) < 4.78 is 23.3. The van der Waals surface area contributed by atoms with Crippen molar-refractivity contribution in [2.75, 3.05) is 13.2 Å². The second-order valence-electron chi connectivity index (χ2n) is 9.23. The van der Waals surface area contributed by atoms with Crippen LogP contribution in [0.5, 0.6) is 0 Å². The number of nitrogens with zero attached hydrogens (tertiary/aromatic N) is 3. The summed E-state index contributed by atoms with van der Waals surface area (Å²) in [5.41, 5.74) is 10.1. The molecule has 1 saturated heterocycles. The van der Waals surface area contributed by atoms with Gasteiger partial charge in [0.25, 0.3) is 0 Å². The quantitative estimate of drug-likeness (QED) is 0.255. The first-order valence-corrected chi connectivity index (χ1v) is 11.1. The van der Waals surface area contributed by atoms with Crippen LogP contribution in [-0.4, -0.2) is 48.3 Å². The predicted octanol–water partition coefficient (Wildman–Crippen LogP) is 4.14. The minimum Gasteiger partial charge on any atom is -0.459 e. The van der Waals surface area contributed by atoms with Gasteiger partial charge >= 0.3 is 5.97 Å². The number of benzene rings is 2. The highest BCUT2D eigenvalue weighted by molar-refractivity contribution is 5.75. The van der Waals surface area contributed by atoms with Crippen molar-refractivity contribution < 1.29 is 28.8 Å². The molecule has 2 aromatic rings. The average molecular weight is 470 g/mol. The van der Waals surface area contributed by atoms with Crippen molar-refractivity contribution in [3.05, 3.63) is 82.2 Å². The van der Waals surface area contributed by atoms with Gasteiger partial charge in [-0.25, -0.2) is 0 Å². The third-order valence-corrected chi connectivity index (χ3v) is 5.41. The van der Waals surface area contributed by atoms with Crippen molar-refractivity contribution in [1.82, 2.24) is 0 Å². The first-order chi connectivity index (χ1) is 16.2. The lowest BCUT2D eigenvalue weighted by atomic mass is 9.94. The molecule has 0 unspecified atom stereocenters. The molecule has 182 valence electrons. The molecule has 0 amide bonds. The monoisotopic (exact) mass is 469 g/mol. The molecule has 4 atom stereocenters. The Kier molecular flexibility index (Phi) is 8.66. The SMILES string of the molecule is CC(C)(C)C(=O)OC[C@@]1(O)OC[C@H](N=[N+]=[N-])[C@@H](OCc2ccccc2)[C@H]1OCc1ccccc1. The van der Waals surface area contributed by atoms with E-state index in [1.54, 1.807) is 20.8 Å². The molecule has 0 aromatic heterocycles.